The first-order valence-corrected chi connectivity index (χ1v) is 9.76. The monoisotopic (exact) mass is 376 g/mol. The van der Waals surface area contributed by atoms with E-state index in [1.807, 2.05) is 23.1 Å². The number of methoxy groups -OCH3 is 1. The molecule has 0 amide bonds. The molecule has 3 aromatic rings. The van der Waals surface area contributed by atoms with Crippen molar-refractivity contribution in [2.45, 2.75) is 18.5 Å². The van der Waals surface area contributed by atoms with Crippen LogP contribution in [0.3, 0.4) is 0 Å². The number of aromatic nitrogens is 2. The van der Waals surface area contributed by atoms with Crippen LogP contribution in [0.1, 0.15) is 17.0 Å². The molecule has 0 aliphatic carbocycles. The Morgan fingerprint density at radius 2 is 1.89 bits per heavy atom. The normalized spacial score (nSPS) is 20.0. The minimum atomic E-state index is 0.496. The molecule has 0 bridgehead atoms. The maximum Gasteiger partial charge on any atom is 0.118 e. The summed E-state index contributed by atoms with van der Waals surface area (Å²) in [6, 6.07) is 19.7. The van der Waals surface area contributed by atoms with E-state index in [4.69, 9.17) is 4.74 Å². The standard InChI is InChI=1S/C23H28N4O/c1-25(2)23-17-26(16-22(23)19-8-10-21(28-3)11-9-19)15-18-6-4-7-20(14-18)27-13-5-12-24-27/h4-14,22-23H,15-17H2,1-3H3/t22-,23+/m0/s1. The summed E-state index contributed by atoms with van der Waals surface area (Å²) in [4.78, 5) is 4.91. The SMILES string of the molecule is COc1ccc([C@@H]2CN(Cc3cccc(-n4cccn4)c3)C[C@H]2N(C)C)cc1. The fraction of sp³-hybridized carbons (Fsp3) is 0.348. The van der Waals surface area contributed by atoms with Crippen molar-refractivity contribution in [2.75, 3.05) is 34.3 Å². The molecule has 1 saturated heterocycles. The van der Waals surface area contributed by atoms with Crippen LogP contribution in [0.25, 0.3) is 5.69 Å². The van der Waals surface area contributed by atoms with Crippen LogP contribution in [0.5, 0.6) is 5.75 Å². The highest BCUT2D eigenvalue weighted by atomic mass is 16.5. The van der Waals surface area contributed by atoms with E-state index >= 15 is 0 Å². The number of ether oxygens (including phenoxy) is 1. The lowest BCUT2D eigenvalue weighted by Crippen LogP contribution is -2.34. The number of hydrogen-bond donors (Lipinski definition) is 0. The zero-order chi connectivity index (χ0) is 19.5. The molecule has 2 aromatic carbocycles. The smallest absolute Gasteiger partial charge is 0.118 e. The number of hydrogen-bond acceptors (Lipinski definition) is 4. The van der Waals surface area contributed by atoms with Crippen molar-refractivity contribution in [1.29, 1.82) is 0 Å². The summed E-state index contributed by atoms with van der Waals surface area (Å²) in [5.41, 5.74) is 3.81. The van der Waals surface area contributed by atoms with Gasteiger partial charge in [-0.15, -0.1) is 0 Å². The lowest BCUT2D eigenvalue weighted by molar-refractivity contribution is 0.259. The Balaban J connectivity index is 1.51. The third kappa shape index (κ3) is 3.96. The van der Waals surface area contributed by atoms with Crippen LogP contribution in [0.15, 0.2) is 67.0 Å². The van der Waals surface area contributed by atoms with Gasteiger partial charge >= 0.3 is 0 Å². The molecule has 1 aliphatic rings. The lowest BCUT2D eigenvalue weighted by atomic mass is 9.93. The molecule has 4 rings (SSSR count). The predicted octanol–water partition coefficient (Wildman–Crippen LogP) is 3.41. The highest BCUT2D eigenvalue weighted by molar-refractivity contribution is 5.35. The molecular weight excluding hydrogens is 348 g/mol. The second-order valence-electron chi connectivity index (χ2n) is 7.73. The van der Waals surface area contributed by atoms with Gasteiger partial charge in [0.15, 0.2) is 0 Å². The molecular formula is C23H28N4O. The van der Waals surface area contributed by atoms with Crippen molar-refractivity contribution in [3.05, 3.63) is 78.1 Å². The molecule has 0 saturated carbocycles. The predicted molar refractivity (Wildman–Crippen MR) is 112 cm³/mol. The van der Waals surface area contributed by atoms with Crippen molar-refractivity contribution in [2.24, 2.45) is 0 Å². The van der Waals surface area contributed by atoms with E-state index in [2.05, 4.69) is 77.5 Å². The zero-order valence-electron chi connectivity index (χ0n) is 16.8. The van der Waals surface area contributed by atoms with Gasteiger partial charge in [0.25, 0.3) is 0 Å². The van der Waals surface area contributed by atoms with Gasteiger partial charge < -0.3 is 9.64 Å². The molecule has 2 atom stereocenters. The van der Waals surface area contributed by atoms with Crippen LogP contribution in [0.2, 0.25) is 0 Å². The number of likely N-dealkylation sites (N-methyl/N-ethyl adjacent to an activating group) is 1. The second kappa shape index (κ2) is 8.17. The van der Waals surface area contributed by atoms with Gasteiger partial charge in [-0.1, -0.05) is 24.3 Å². The molecule has 146 valence electrons. The third-order valence-corrected chi connectivity index (χ3v) is 5.66. The summed E-state index contributed by atoms with van der Waals surface area (Å²) in [6.07, 6.45) is 3.80. The van der Waals surface area contributed by atoms with Gasteiger partial charge in [-0.25, -0.2) is 4.68 Å². The first-order valence-electron chi connectivity index (χ1n) is 9.76. The van der Waals surface area contributed by atoms with Crippen LogP contribution in [-0.4, -0.2) is 59.9 Å². The summed E-state index contributed by atoms with van der Waals surface area (Å²) in [5.74, 6) is 1.41. The van der Waals surface area contributed by atoms with Gasteiger partial charge in [0.1, 0.15) is 5.75 Å². The molecule has 0 spiro atoms. The quantitative estimate of drug-likeness (QED) is 0.660. The maximum atomic E-state index is 5.32. The molecule has 1 fully saturated rings. The molecule has 1 aliphatic heterocycles. The molecule has 1 aromatic heterocycles. The van der Waals surface area contributed by atoms with Crippen LogP contribution in [0.4, 0.5) is 0 Å². The minimum absolute atomic E-state index is 0.496. The van der Waals surface area contributed by atoms with Gasteiger partial charge in [0.2, 0.25) is 0 Å². The fourth-order valence-corrected chi connectivity index (χ4v) is 4.17. The van der Waals surface area contributed by atoms with Crippen molar-refractivity contribution >= 4 is 0 Å². The Kier molecular flexibility index (Phi) is 5.46. The van der Waals surface area contributed by atoms with Crippen molar-refractivity contribution in [3.63, 3.8) is 0 Å². The summed E-state index contributed by atoms with van der Waals surface area (Å²) in [6.45, 7) is 3.07. The largest absolute Gasteiger partial charge is 0.497 e. The van der Waals surface area contributed by atoms with E-state index in [1.54, 1.807) is 7.11 Å². The summed E-state index contributed by atoms with van der Waals surface area (Å²) in [7, 11) is 6.08. The van der Waals surface area contributed by atoms with E-state index in [-0.39, 0.29) is 0 Å². The average Bonchev–Trinajstić information content (AvgIpc) is 3.39. The van der Waals surface area contributed by atoms with Gasteiger partial charge in [0, 0.05) is 44.0 Å². The van der Waals surface area contributed by atoms with Crippen molar-refractivity contribution < 1.29 is 4.74 Å². The number of nitrogens with zero attached hydrogens (tertiary/aromatic N) is 4. The highest BCUT2D eigenvalue weighted by Gasteiger charge is 2.35. The maximum absolute atomic E-state index is 5.32. The topological polar surface area (TPSA) is 33.5 Å². The Labute approximate surface area is 167 Å². The molecule has 2 heterocycles. The van der Waals surface area contributed by atoms with Gasteiger partial charge in [-0.05, 0) is 55.6 Å². The van der Waals surface area contributed by atoms with E-state index < -0.39 is 0 Å². The Hall–Kier alpha value is -2.63. The number of likely N-dealkylation sites (tertiary alicyclic amines) is 1. The zero-order valence-corrected chi connectivity index (χ0v) is 16.8. The first kappa shape index (κ1) is 18.7. The molecule has 0 N–H and O–H groups in total. The van der Waals surface area contributed by atoms with Gasteiger partial charge in [0.05, 0.1) is 12.8 Å². The lowest BCUT2D eigenvalue weighted by Gasteiger charge is -2.25. The average molecular weight is 377 g/mol. The summed E-state index contributed by atoms with van der Waals surface area (Å²) < 4.78 is 7.23. The fourth-order valence-electron chi connectivity index (χ4n) is 4.17. The first-order chi connectivity index (χ1) is 13.6. The van der Waals surface area contributed by atoms with E-state index in [0.29, 0.717) is 12.0 Å². The van der Waals surface area contributed by atoms with Gasteiger partial charge in [-0.2, -0.15) is 5.10 Å². The van der Waals surface area contributed by atoms with Crippen LogP contribution in [-0.2, 0) is 6.54 Å². The Morgan fingerprint density at radius 1 is 1.07 bits per heavy atom. The molecule has 5 heteroatoms. The van der Waals surface area contributed by atoms with Gasteiger partial charge in [-0.3, -0.25) is 4.90 Å². The van der Waals surface area contributed by atoms with Crippen molar-refractivity contribution in [1.82, 2.24) is 19.6 Å². The van der Waals surface area contributed by atoms with Crippen LogP contribution in [0, 0.1) is 0 Å². The number of rotatable bonds is 6. The molecule has 0 unspecified atom stereocenters. The highest BCUT2D eigenvalue weighted by Crippen LogP contribution is 2.32. The molecule has 28 heavy (non-hydrogen) atoms. The molecule has 0 radical (unpaired) electrons. The number of benzene rings is 2. The van der Waals surface area contributed by atoms with E-state index in [0.717, 1.165) is 31.1 Å². The molecule has 5 nitrogen and oxygen atoms in total. The Morgan fingerprint density at radius 3 is 2.57 bits per heavy atom. The summed E-state index contributed by atoms with van der Waals surface area (Å²) >= 11 is 0. The second-order valence-corrected chi connectivity index (χ2v) is 7.73. The Bertz CT molecular complexity index is 889. The van der Waals surface area contributed by atoms with Crippen LogP contribution >= 0.6 is 0 Å². The minimum Gasteiger partial charge on any atom is -0.497 e. The van der Waals surface area contributed by atoms with E-state index in [1.165, 1.54) is 11.1 Å². The van der Waals surface area contributed by atoms with Crippen LogP contribution < -0.4 is 4.74 Å². The third-order valence-electron chi connectivity index (χ3n) is 5.66. The summed E-state index contributed by atoms with van der Waals surface area (Å²) in [5, 5.41) is 4.35. The van der Waals surface area contributed by atoms with Crippen molar-refractivity contribution in [3.8, 4) is 11.4 Å². The van der Waals surface area contributed by atoms with E-state index in [9.17, 15) is 0 Å².